The van der Waals surface area contributed by atoms with Crippen LogP contribution in [-0.4, -0.2) is 40.4 Å². The smallest absolute Gasteiger partial charge is 0.271 e. The van der Waals surface area contributed by atoms with Gasteiger partial charge in [-0.25, -0.2) is 13.8 Å². The van der Waals surface area contributed by atoms with Gasteiger partial charge in [0.05, 0.1) is 24.8 Å². The molecule has 3 rings (SSSR count). The fourth-order valence-corrected chi connectivity index (χ4v) is 3.74. The molecule has 0 atom stereocenters. The van der Waals surface area contributed by atoms with Gasteiger partial charge >= 0.3 is 0 Å². The average molecular weight is 516 g/mol. The van der Waals surface area contributed by atoms with Crippen LogP contribution in [0, 0.1) is 0 Å². The third-order valence-electron chi connectivity index (χ3n) is 4.92. The lowest BCUT2D eigenvalue weighted by Gasteiger charge is -2.16. The Kier molecular flexibility index (Phi) is 8.73. The van der Waals surface area contributed by atoms with Gasteiger partial charge in [-0.15, -0.1) is 0 Å². The second kappa shape index (κ2) is 11.7. The van der Waals surface area contributed by atoms with Crippen molar-refractivity contribution in [1.29, 1.82) is 0 Å². The number of carbonyl (C=O) groups excluding carboxylic acids is 1. The number of amides is 1. The van der Waals surface area contributed by atoms with Crippen LogP contribution in [0.15, 0.2) is 71.8 Å². The predicted octanol–water partition coefficient (Wildman–Crippen LogP) is 4.48. The van der Waals surface area contributed by atoms with Gasteiger partial charge in [0, 0.05) is 17.6 Å². The first kappa shape index (κ1) is 26.1. The highest BCUT2D eigenvalue weighted by Gasteiger charge is 2.13. The normalized spacial score (nSPS) is 11.3. The van der Waals surface area contributed by atoms with E-state index in [-0.39, 0.29) is 0 Å². The molecular weight excluding hydrogens is 490 g/mol. The van der Waals surface area contributed by atoms with Crippen LogP contribution in [0.4, 0.5) is 5.69 Å². The maximum Gasteiger partial charge on any atom is 0.271 e. The monoisotopic (exact) mass is 515 g/mol. The number of nitrogens with one attached hydrogen (secondary N) is 1. The van der Waals surface area contributed by atoms with Crippen LogP contribution < -0.4 is 19.2 Å². The van der Waals surface area contributed by atoms with Crippen LogP contribution in [-0.2, 0) is 16.6 Å². The van der Waals surface area contributed by atoms with E-state index >= 15 is 0 Å². The molecule has 3 aromatic carbocycles. The minimum atomic E-state index is -3.38. The second-order valence-corrected chi connectivity index (χ2v) is 9.98. The largest absolute Gasteiger partial charge is 0.490 e. The number of ether oxygens (including phenoxy) is 2. The van der Waals surface area contributed by atoms with Crippen LogP contribution in [0.5, 0.6) is 11.5 Å². The van der Waals surface area contributed by atoms with Gasteiger partial charge in [0.15, 0.2) is 11.5 Å². The Morgan fingerprint density at radius 2 is 1.80 bits per heavy atom. The van der Waals surface area contributed by atoms with Crippen molar-refractivity contribution < 1.29 is 22.7 Å². The number of sulfonamides is 1. The van der Waals surface area contributed by atoms with E-state index in [0.717, 1.165) is 16.1 Å². The molecule has 0 fully saturated rings. The topological polar surface area (TPSA) is 97.3 Å². The molecule has 3 aromatic rings. The SMILES string of the molecule is CCOc1cc(/C=N\NC(=O)c2ccc(N(C)S(C)(=O)=O)cc2)ccc1OCc1cccc(Cl)c1. The quantitative estimate of drug-likeness (QED) is 0.317. The highest BCUT2D eigenvalue weighted by atomic mass is 35.5. The van der Waals surface area contributed by atoms with E-state index < -0.39 is 15.9 Å². The third-order valence-corrected chi connectivity index (χ3v) is 6.36. The Balaban J connectivity index is 1.63. The van der Waals surface area contributed by atoms with Crippen LogP contribution in [0.25, 0.3) is 0 Å². The molecule has 0 radical (unpaired) electrons. The summed E-state index contributed by atoms with van der Waals surface area (Å²) >= 11 is 6.03. The van der Waals surface area contributed by atoms with Gasteiger partial charge in [-0.3, -0.25) is 9.10 Å². The van der Waals surface area contributed by atoms with Gasteiger partial charge in [0.25, 0.3) is 5.91 Å². The molecule has 0 aliphatic rings. The summed E-state index contributed by atoms with van der Waals surface area (Å²) in [6, 6.07) is 18.9. The van der Waals surface area contributed by atoms with Crippen LogP contribution in [0.2, 0.25) is 5.02 Å². The minimum Gasteiger partial charge on any atom is -0.490 e. The summed E-state index contributed by atoms with van der Waals surface area (Å²) < 4.78 is 36.0. The zero-order chi connectivity index (χ0) is 25.4. The number of halogens is 1. The number of hydrazone groups is 1. The molecule has 1 N–H and O–H groups in total. The number of rotatable bonds is 10. The molecule has 0 aliphatic carbocycles. The van der Waals surface area contributed by atoms with Gasteiger partial charge in [-0.1, -0.05) is 23.7 Å². The van der Waals surface area contributed by atoms with Gasteiger partial charge in [-0.05, 0) is 72.6 Å². The second-order valence-electron chi connectivity index (χ2n) is 7.53. The molecule has 0 unspecified atom stereocenters. The van der Waals surface area contributed by atoms with Gasteiger partial charge < -0.3 is 9.47 Å². The Morgan fingerprint density at radius 1 is 1.06 bits per heavy atom. The first-order chi connectivity index (χ1) is 16.7. The lowest BCUT2D eigenvalue weighted by Crippen LogP contribution is -2.25. The number of hydrogen-bond acceptors (Lipinski definition) is 6. The fraction of sp³-hybridized carbons (Fsp3) is 0.200. The zero-order valence-electron chi connectivity index (χ0n) is 19.6. The van der Waals surface area contributed by atoms with Crippen molar-refractivity contribution >= 4 is 39.4 Å². The molecule has 35 heavy (non-hydrogen) atoms. The van der Waals surface area contributed by atoms with Crippen molar-refractivity contribution in [3.63, 3.8) is 0 Å². The molecule has 0 heterocycles. The predicted molar refractivity (Wildman–Crippen MR) is 138 cm³/mol. The van der Waals surface area contributed by atoms with E-state index in [4.69, 9.17) is 21.1 Å². The van der Waals surface area contributed by atoms with Gasteiger partial charge in [-0.2, -0.15) is 5.10 Å². The van der Waals surface area contributed by atoms with Gasteiger partial charge in [0.1, 0.15) is 6.61 Å². The summed E-state index contributed by atoms with van der Waals surface area (Å²) in [4.78, 5) is 12.4. The standard InChI is InChI=1S/C25H26ClN3O5S/c1-4-33-24-15-18(8-13-23(24)34-17-19-6-5-7-21(26)14-19)16-27-28-25(30)20-9-11-22(12-10-20)29(2)35(3,31)32/h5-16H,4,17H2,1-3H3,(H,28,30)/b27-16-. The van der Waals surface area contributed by atoms with E-state index in [1.807, 2.05) is 25.1 Å². The minimum absolute atomic E-state index is 0.336. The molecule has 10 heteroatoms. The molecule has 8 nitrogen and oxygen atoms in total. The van der Waals surface area contributed by atoms with Crippen molar-refractivity contribution in [2.75, 3.05) is 24.2 Å². The van der Waals surface area contributed by atoms with Crippen molar-refractivity contribution in [2.45, 2.75) is 13.5 Å². The van der Waals surface area contributed by atoms with Crippen LogP contribution in [0.1, 0.15) is 28.4 Å². The molecule has 0 aromatic heterocycles. The molecule has 1 amide bonds. The number of benzene rings is 3. The average Bonchev–Trinajstić information content (AvgIpc) is 2.83. The first-order valence-electron chi connectivity index (χ1n) is 10.7. The Labute approximate surface area is 210 Å². The molecule has 0 saturated heterocycles. The summed E-state index contributed by atoms with van der Waals surface area (Å²) in [6.45, 7) is 2.67. The summed E-state index contributed by atoms with van der Waals surface area (Å²) in [5, 5.41) is 4.65. The summed E-state index contributed by atoms with van der Waals surface area (Å²) in [5.74, 6) is 0.698. The fourth-order valence-electron chi connectivity index (χ4n) is 3.02. The van der Waals surface area contributed by atoms with Crippen molar-refractivity contribution in [3.8, 4) is 11.5 Å². The summed E-state index contributed by atoms with van der Waals surface area (Å²) in [5.41, 5.74) is 4.89. The maximum atomic E-state index is 12.4. The van der Waals surface area contributed by atoms with Crippen molar-refractivity contribution in [2.24, 2.45) is 5.10 Å². The van der Waals surface area contributed by atoms with Crippen molar-refractivity contribution in [3.05, 3.63) is 88.4 Å². The zero-order valence-corrected chi connectivity index (χ0v) is 21.1. The molecule has 184 valence electrons. The number of nitrogens with zero attached hydrogens (tertiary/aromatic N) is 2. The molecule has 0 spiro atoms. The Morgan fingerprint density at radius 3 is 2.46 bits per heavy atom. The first-order valence-corrected chi connectivity index (χ1v) is 12.9. The number of hydrogen-bond donors (Lipinski definition) is 1. The Hall–Kier alpha value is -3.56. The lowest BCUT2D eigenvalue weighted by atomic mass is 10.2. The maximum absolute atomic E-state index is 12.4. The Bertz CT molecular complexity index is 1310. The van der Waals surface area contributed by atoms with Crippen LogP contribution in [0.3, 0.4) is 0 Å². The van der Waals surface area contributed by atoms with E-state index in [1.165, 1.54) is 25.4 Å². The van der Waals surface area contributed by atoms with E-state index in [1.54, 1.807) is 36.4 Å². The van der Waals surface area contributed by atoms with Gasteiger partial charge in [0.2, 0.25) is 10.0 Å². The summed E-state index contributed by atoms with van der Waals surface area (Å²) in [6.07, 6.45) is 2.60. The number of carbonyl (C=O) groups is 1. The van der Waals surface area contributed by atoms with Crippen molar-refractivity contribution in [1.82, 2.24) is 5.43 Å². The van der Waals surface area contributed by atoms with Crippen LogP contribution >= 0.6 is 11.6 Å². The summed E-state index contributed by atoms with van der Waals surface area (Å²) in [7, 11) is -1.94. The van der Waals surface area contributed by atoms with E-state index in [2.05, 4.69) is 10.5 Å². The number of anilines is 1. The molecule has 0 aliphatic heterocycles. The molecule has 0 saturated carbocycles. The highest BCUT2D eigenvalue weighted by molar-refractivity contribution is 7.92. The van der Waals surface area contributed by atoms with E-state index in [0.29, 0.717) is 46.5 Å². The van der Waals surface area contributed by atoms with E-state index in [9.17, 15) is 13.2 Å². The third kappa shape index (κ3) is 7.46. The molecule has 0 bridgehead atoms. The lowest BCUT2D eigenvalue weighted by molar-refractivity contribution is 0.0955. The molecular formula is C25H26ClN3O5S. The highest BCUT2D eigenvalue weighted by Crippen LogP contribution is 2.29.